The van der Waals surface area contributed by atoms with Gasteiger partial charge in [0.05, 0.1) is 0 Å². The SMILES string of the molecule is O=Cc1ccc(F)cc1-c1ccc2c(c1)OCCO2. The molecule has 0 radical (unpaired) electrons. The van der Waals surface area contributed by atoms with Crippen LogP contribution < -0.4 is 9.47 Å². The monoisotopic (exact) mass is 258 g/mol. The van der Waals surface area contributed by atoms with E-state index in [0.29, 0.717) is 42.1 Å². The number of carbonyl (C=O) groups excluding carboxylic acids is 1. The maximum absolute atomic E-state index is 13.3. The molecule has 2 aromatic carbocycles. The molecule has 0 saturated carbocycles. The van der Waals surface area contributed by atoms with E-state index in [4.69, 9.17) is 9.47 Å². The van der Waals surface area contributed by atoms with Gasteiger partial charge in [0.25, 0.3) is 0 Å². The van der Waals surface area contributed by atoms with E-state index >= 15 is 0 Å². The Morgan fingerprint density at radius 2 is 1.79 bits per heavy atom. The minimum Gasteiger partial charge on any atom is -0.486 e. The Kier molecular flexibility index (Phi) is 2.91. The van der Waals surface area contributed by atoms with Crippen molar-refractivity contribution in [2.24, 2.45) is 0 Å². The lowest BCUT2D eigenvalue weighted by atomic mass is 9.99. The molecule has 3 rings (SSSR count). The van der Waals surface area contributed by atoms with Crippen LogP contribution in [-0.2, 0) is 0 Å². The van der Waals surface area contributed by atoms with E-state index in [1.54, 1.807) is 18.2 Å². The van der Waals surface area contributed by atoms with Gasteiger partial charge in [0.1, 0.15) is 19.0 Å². The first-order valence-corrected chi connectivity index (χ1v) is 5.93. The number of hydrogen-bond acceptors (Lipinski definition) is 3. The third kappa shape index (κ3) is 2.17. The quantitative estimate of drug-likeness (QED) is 0.776. The lowest BCUT2D eigenvalue weighted by Crippen LogP contribution is -2.15. The molecule has 0 aliphatic carbocycles. The molecule has 0 fully saturated rings. The van der Waals surface area contributed by atoms with Crippen molar-refractivity contribution >= 4 is 6.29 Å². The molecule has 0 atom stereocenters. The van der Waals surface area contributed by atoms with Crippen molar-refractivity contribution < 1.29 is 18.7 Å². The zero-order valence-electron chi connectivity index (χ0n) is 10.1. The van der Waals surface area contributed by atoms with Crippen molar-refractivity contribution in [1.29, 1.82) is 0 Å². The van der Waals surface area contributed by atoms with Crippen molar-refractivity contribution in [3.63, 3.8) is 0 Å². The number of fused-ring (bicyclic) bond motifs is 1. The lowest BCUT2D eigenvalue weighted by Gasteiger charge is -2.19. The maximum Gasteiger partial charge on any atom is 0.161 e. The summed E-state index contributed by atoms with van der Waals surface area (Å²) in [6.07, 6.45) is 0.714. The molecule has 0 bridgehead atoms. The van der Waals surface area contributed by atoms with E-state index in [1.807, 2.05) is 0 Å². The molecular formula is C15H11FO3. The predicted molar refractivity (Wildman–Crippen MR) is 68.2 cm³/mol. The summed E-state index contributed by atoms with van der Waals surface area (Å²) in [5, 5.41) is 0. The Balaban J connectivity index is 2.11. The fourth-order valence-corrected chi connectivity index (χ4v) is 2.09. The van der Waals surface area contributed by atoms with Crippen LogP contribution in [0.3, 0.4) is 0 Å². The van der Waals surface area contributed by atoms with Crippen molar-refractivity contribution in [3.05, 3.63) is 47.8 Å². The standard InChI is InChI=1S/C15H11FO3/c16-12-3-1-11(9-17)13(8-12)10-2-4-14-15(7-10)19-6-5-18-14/h1-4,7-9H,5-6H2. The average molecular weight is 258 g/mol. The van der Waals surface area contributed by atoms with Crippen LogP contribution in [0.5, 0.6) is 11.5 Å². The average Bonchev–Trinajstić information content (AvgIpc) is 2.46. The van der Waals surface area contributed by atoms with E-state index in [0.717, 1.165) is 5.56 Å². The van der Waals surface area contributed by atoms with Crippen molar-refractivity contribution in [2.45, 2.75) is 0 Å². The summed E-state index contributed by atoms with van der Waals surface area (Å²) in [5.41, 5.74) is 1.72. The summed E-state index contributed by atoms with van der Waals surface area (Å²) < 4.78 is 24.2. The largest absolute Gasteiger partial charge is 0.486 e. The highest BCUT2D eigenvalue weighted by Crippen LogP contribution is 2.35. The summed E-state index contributed by atoms with van der Waals surface area (Å²) >= 11 is 0. The van der Waals surface area contributed by atoms with Gasteiger partial charge in [-0.05, 0) is 41.5 Å². The van der Waals surface area contributed by atoms with Crippen LogP contribution in [0, 0.1) is 5.82 Å². The van der Waals surface area contributed by atoms with Gasteiger partial charge in [-0.1, -0.05) is 6.07 Å². The van der Waals surface area contributed by atoms with Crippen molar-refractivity contribution in [1.82, 2.24) is 0 Å². The molecule has 2 aromatic rings. The van der Waals surface area contributed by atoms with Crippen LogP contribution in [0.15, 0.2) is 36.4 Å². The fraction of sp³-hybridized carbons (Fsp3) is 0.133. The summed E-state index contributed by atoms with van der Waals surface area (Å²) in [5.74, 6) is 0.902. The maximum atomic E-state index is 13.3. The van der Waals surface area contributed by atoms with Crippen LogP contribution in [0.25, 0.3) is 11.1 Å². The third-order valence-electron chi connectivity index (χ3n) is 3.00. The minimum absolute atomic E-state index is 0.379. The van der Waals surface area contributed by atoms with Gasteiger partial charge in [0, 0.05) is 5.56 Å². The molecule has 3 nitrogen and oxygen atoms in total. The highest BCUT2D eigenvalue weighted by atomic mass is 19.1. The van der Waals surface area contributed by atoms with Gasteiger partial charge in [-0.3, -0.25) is 4.79 Å². The zero-order valence-corrected chi connectivity index (χ0v) is 10.1. The van der Waals surface area contributed by atoms with Crippen LogP contribution in [0.4, 0.5) is 4.39 Å². The third-order valence-corrected chi connectivity index (χ3v) is 3.00. The molecule has 0 aromatic heterocycles. The van der Waals surface area contributed by atoms with Crippen molar-refractivity contribution in [3.8, 4) is 22.6 Å². The second kappa shape index (κ2) is 4.72. The number of aldehydes is 1. The molecule has 1 aliphatic heterocycles. The van der Waals surface area contributed by atoms with E-state index < -0.39 is 0 Å². The molecule has 96 valence electrons. The molecule has 1 heterocycles. The lowest BCUT2D eigenvalue weighted by molar-refractivity contribution is 0.112. The highest BCUT2D eigenvalue weighted by molar-refractivity contribution is 5.88. The second-order valence-corrected chi connectivity index (χ2v) is 4.21. The first kappa shape index (κ1) is 11.7. The minimum atomic E-state index is -0.379. The summed E-state index contributed by atoms with van der Waals surface area (Å²) in [7, 11) is 0. The Morgan fingerprint density at radius 3 is 2.58 bits per heavy atom. The second-order valence-electron chi connectivity index (χ2n) is 4.21. The molecule has 4 heteroatoms. The van der Waals surface area contributed by atoms with Crippen LogP contribution >= 0.6 is 0 Å². The zero-order chi connectivity index (χ0) is 13.2. The Bertz CT molecular complexity index is 637. The molecular weight excluding hydrogens is 247 g/mol. The van der Waals surface area contributed by atoms with Gasteiger partial charge >= 0.3 is 0 Å². The van der Waals surface area contributed by atoms with E-state index in [2.05, 4.69) is 0 Å². The van der Waals surface area contributed by atoms with E-state index in [9.17, 15) is 9.18 Å². The number of carbonyl (C=O) groups is 1. The molecule has 0 N–H and O–H groups in total. The highest BCUT2D eigenvalue weighted by Gasteiger charge is 2.14. The Hall–Kier alpha value is -2.36. The number of halogens is 1. The van der Waals surface area contributed by atoms with Crippen LogP contribution in [0.2, 0.25) is 0 Å². The van der Waals surface area contributed by atoms with Gasteiger partial charge in [0.2, 0.25) is 0 Å². The molecule has 0 amide bonds. The number of ether oxygens (including phenoxy) is 2. The molecule has 0 unspecified atom stereocenters. The first-order valence-electron chi connectivity index (χ1n) is 5.93. The van der Waals surface area contributed by atoms with Gasteiger partial charge in [-0.2, -0.15) is 0 Å². The topological polar surface area (TPSA) is 35.5 Å². The summed E-state index contributed by atoms with van der Waals surface area (Å²) in [4.78, 5) is 11.0. The Labute approximate surface area is 109 Å². The molecule has 0 saturated heterocycles. The number of hydrogen-bond donors (Lipinski definition) is 0. The Morgan fingerprint density at radius 1 is 1.00 bits per heavy atom. The molecule has 1 aliphatic rings. The van der Waals surface area contributed by atoms with Crippen LogP contribution in [-0.4, -0.2) is 19.5 Å². The van der Waals surface area contributed by atoms with Gasteiger partial charge < -0.3 is 9.47 Å². The van der Waals surface area contributed by atoms with Crippen molar-refractivity contribution in [2.75, 3.05) is 13.2 Å². The molecule has 0 spiro atoms. The van der Waals surface area contributed by atoms with Gasteiger partial charge in [-0.15, -0.1) is 0 Å². The summed E-state index contributed by atoms with van der Waals surface area (Å²) in [6.45, 7) is 1.01. The number of benzene rings is 2. The van der Waals surface area contributed by atoms with E-state index in [1.165, 1.54) is 18.2 Å². The normalized spacial score (nSPS) is 13.1. The smallest absolute Gasteiger partial charge is 0.161 e. The first-order chi connectivity index (χ1) is 9.28. The van der Waals surface area contributed by atoms with Gasteiger partial charge in [-0.25, -0.2) is 4.39 Å². The predicted octanol–water partition coefficient (Wildman–Crippen LogP) is 3.08. The molecule has 19 heavy (non-hydrogen) atoms. The number of rotatable bonds is 2. The fourth-order valence-electron chi connectivity index (χ4n) is 2.09. The van der Waals surface area contributed by atoms with Crippen LogP contribution in [0.1, 0.15) is 10.4 Å². The van der Waals surface area contributed by atoms with Gasteiger partial charge in [0.15, 0.2) is 17.8 Å². The van der Waals surface area contributed by atoms with E-state index in [-0.39, 0.29) is 5.82 Å². The summed E-state index contributed by atoms with van der Waals surface area (Å²) in [6, 6.07) is 9.39.